The van der Waals surface area contributed by atoms with Gasteiger partial charge in [0.15, 0.2) is 0 Å². The number of thiophene rings is 1. The van der Waals surface area contributed by atoms with Crippen molar-refractivity contribution in [2.75, 3.05) is 9.80 Å². The van der Waals surface area contributed by atoms with Crippen molar-refractivity contribution in [2.24, 2.45) is 0 Å². The van der Waals surface area contributed by atoms with Crippen molar-refractivity contribution in [2.45, 2.75) is 0 Å². The van der Waals surface area contributed by atoms with Crippen LogP contribution in [-0.2, 0) is 0 Å². The van der Waals surface area contributed by atoms with Crippen LogP contribution in [0.4, 0.5) is 34.1 Å². The average molecular weight is 949 g/mol. The molecule has 0 amide bonds. The molecular formula is C70H48N2S. The van der Waals surface area contributed by atoms with Gasteiger partial charge in [-0.15, -0.1) is 11.3 Å². The fraction of sp³-hybridized carbons (Fsp3) is 0. The van der Waals surface area contributed by atoms with Crippen LogP contribution in [0.3, 0.4) is 0 Å². The Labute approximate surface area is 430 Å². The molecular weight excluding hydrogens is 901 g/mol. The third kappa shape index (κ3) is 8.52. The van der Waals surface area contributed by atoms with Crippen molar-refractivity contribution in [3.05, 3.63) is 291 Å². The monoisotopic (exact) mass is 948 g/mol. The second-order valence-corrected chi connectivity index (χ2v) is 19.6. The number of fused-ring (bicyclic) bond motifs is 5. The van der Waals surface area contributed by atoms with Gasteiger partial charge in [0.2, 0.25) is 0 Å². The lowest BCUT2D eigenvalue weighted by molar-refractivity contribution is 1.25. The maximum absolute atomic E-state index is 2.40. The molecule has 13 aromatic rings. The van der Waals surface area contributed by atoms with Crippen molar-refractivity contribution in [1.29, 1.82) is 0 Å². The van der Waals surface area contributed by atoms with Crippen molar-refractivity contribution in [1.82, 2.24) is 0 Å². The zero-order valence-electron chi connectivity index (χ0n) is 40.0. The molecule has 3 heteroatoms. The van der Waals surface area contributed by atoms with Crippen molar-refractivity contribution in [3.63, 3.8) is 0 Å². The molecule has 0 aliphatic carbocycles. The molecule has 2 nitrogen and oxygen atoms in total. The smallest absolute Gasteiger partial charge is 0.0488 e. The second-order valence-electron chi connectivity index (χ2n) is 18.5. The zero-order valence-corrected chi connectivity index (χ0v) is 40.8. The van der Waals surface area contributed by atoms with Crippen LogP contribution >= 0.6 is 11.3 Å². The third-order valence-corrected chi connectivity index (χ3v) is 15.3. The highest BCUT2D eigenvalue weighted by Crippen LogP contribution is 2.48. The summed E-state index contributed by atoms with van der Waals surface area (Å²) >= 11 is 1.89. The summed E-state index contributed by atoms with van der Waals surface area (Å²) in [4.78, 5) is 4.81. The van der Waals surface area contributed by atoms with E-state index in [1.54, 1.807) is 0 Å². The molecule has 0 fully saturated rings. The van der Waals surface area contributed by atoms with Crippen LogP contribution in [0.25, 0.3) is 86.6 Å². The van der Waals surface area contributed by atoms with E-state index in [1.807, 2.05) is 11.3 Å². The average Bonchev–Trinajstić information content (AvgIpc) is 3.87. The molecule has 0 aliphatic rings. The van der Waals surface area contributed by atoms with Crippen LogP contribution in [-0.4, -0.2) is 0 Å². The molecule has 0 N–H and O–H groups in total. The first-order valence-corrected chi connectivity index (χ1v) is 25.7. The Morgan fingerprint density at radius 1 is 0.233 bits per heavy atom. The number of para-hydroxylation sites is 2. The summed E-state index contributed by atoms with van der Waals surface area (Å²) in [6.07, 6.45) is 0. The molecule has 0 bridgehead atoms. The summed E-state index contributed by atoms with van der Waals surface area (Å²) in [6, 6.07) is 106. The highest BCUT2D eigenvalue weighted by Gasteiger charge is 2.22. The first-order chi connectivity index (χ1) is 36.2. The minimum atomic E-state index is 1.05. The lowest BCUT2D eigenvalue weighted by Gasteiger charge is -2.30. The Morgan fingerprint density at radius 3 is 1.08 bits per heavy atom. The highest BCUT2D eigenvalue weighted by molar-refractivity contribution is 7.26. The number of rotatable bonds is 11. The quantitative estimate of drug-likeness (QED) is 0.127. The van der Waals surface area contributed by atoms with Crippen LogP contribution in [0, 0.1) is 0 Å². The van der Waals surface area contributed by atoms with Gasteiger partial charge in [0.05, 0.1) is 0 Å². The number of anilines is 6. The van der Waals surface area contributed by atoms with Gasteiger partial charge in [0, 0.05) is 54.3 Å². The van der Waals surface area contributed by atoms with Gasteiger partial charge in [0.1, 0.15) is 0 Å². The second kappa shape index (κ2) is 19.1. The SMILES string of the molecule is c1ccc(-c2ccc(-c3ccc(N(c4ccccc4)c4cc(-c5cccc6sc7c8ccccc8ccc7c56)cc(N(c5ccccc5)c5ccc(-c6ccc(-c7ccccc7)cc6)cc5)c4)cc3)cc2)cc1. The van der Waals surface area contributed by atoms with E-state index in [0.717, 1.165) is 39.7 Å². The van der Waals surface area contributed by atoms with Crippen molar-refractivity contribution >= 4 is 76.4 Å². The lowest BCUT2D eigenvalue weighted by Crippen LogP contribution is -2.13. The fourth-order valence-corrected chi connectivity index (χ4v) is 11.7. The topological polar surface area (TPSA) is 6.48 Å². The summed E-state index contributed by atoms with van der Waals surface area (Å²) in [5, 5.41) is 5.10. The molecule has 0 unspecified atom stereocenters. The standard InChI is InChI=1S/C70H48N2S/c1-5-16-49(17-6-1)51-28-32-53(33-29-51)55-36-41-61(42-37-55)71(59-21-9-3-10-22-59)63-46-58(65-26-15-27-68-69(65)67-45-40-57-20-13-14-25-66(57)70(67)73-68)47-64(48-63)72(60-23-11-4-12-24-60)62-43-38-56(39-44-62)54-34-30-52(31-35-54)50-18-7-2-8-19-50/h1-48H. The van der Waals surface area contributed by atoms with E-state index < -0.39 is 0 Å². The third-order valence-electron chi connectivity index (χ3n) is 14.0. The van der Waals surface area contributed by atoms with Crippen LogP contribution in [0.15, 0.2) is 291 Å². The fourth-order valence-electron chi connectivity index (χ4n) is 10.4. The molecule has 0 spiro atoms. The number of benzene rings is 12. The summed E-state index contributed by atoms with van der Waals surface area (Å²) in [7, 11) is 0. The Bertz CT molecular complexity index is 3830. The van der Waals surface area contributed by atoms with E-state index >= 15 is 0 Å². The number of hydrogen-bond donors (Lipinski definition) is 0. The molecule has 0 aliphatic heterocycles. The molecule has 0 saturated heterocycles. The summed E-state index contributed by atoms with van der Waals surface area (Å²) < 4.78 is 2.59. The highest BCUT2D eigenvalue weighted by atomic mass is 32.1. The molecule has 0 radical (unpaired) electrons. The van der Waals surface area contributed by atoms with Gasteiger partial charge in [-0.3, -0.25) is 0 Å². The number of nitrogens with zero attached hydrogens (tertiary/aromatic N) is 2. The first kappa shape index (κ1) is 43.7. The van der Waals surface area contributed by atoms with Gasteiger partial charge in [0.25, 0.3) is 0 Å². The minimum Gasteiger partial charge on any atom is -0.310 e. The van der Waals surface area contributed by atoms with Crippen LogP contribution in [0.5, 0.6) is 0 Å². The number of hydrogen-bond acceptors (Lipinski definition) is 3. The molecule has 0 saturated carbocycles. The van der Waals surface area contributed by atoms with E-state index in [4.69, 9.17) is 0 Å². The molecule has 1 aromatic heterocycles. The molecule has 1 heterocycles. The largest absolute Gasteiger partial charge is 0.310 e. The summed E-state index contributed by atoms with van der Waals surface area (Å²) in [5.74, 6) is 0. The van der Waals surface area contributed by atoms with Gasteiger partial charge in [-0.05, 0) is 139 Å². The summed E-state index contributed by atoms with van der Waals surface area (Å²) in [6.45, 7) is 0. The van der Waals surface area contributed by atoms with Crippen LogP contribution in [0.2, 0.25) is 0 Å². The van der Waals surface area contributed by atoms with Gasteiger partial charge in [-0.2, -0.15) is 0 Å². The summed E-state index contributed by atoms with van der Waals surface area (Å²) in [5.41, 5.74) is 18.3. The van der Waals surface area contributed by atoms with Crippen molar-refractivity contribution < 1.29 is 0 Å². The Hall–Kier alpha value is -9.28. The molecule has 13 rings (SSSR count). The maximum Gasteiger partial charge on any atom is 0.0488 e. The molecule has 344 valence electrons. The van der Waals surface area contributed by atoms with E-state index in [1.165, 1.54) is 81.0 Å². The minimum absolute atomic E-state index is 1.05. The van der Waals surface area contributed by atoms with Gasteiger partial charge in [-0.1, -0.05) is 218 Å². The maximum atomic E-state index is 2.40. The van der Waals surface area contributed by atoms with Crippen molar-refractivity contribution in [3.8, 4) is 55.6 Å². The normalized spacial score (nSPS) is 11.3. The Kier molecular flexibility index (Phi) is 11.5. The molecule has 0 atom stereocenters. The first-order valence-electron chi connectivity index (χ1n) is 24.9. The van der Waals surface area contributed by atoms with Crippen LogP contribution < -0.4 is 9.80 Å². The van der Waals surface area contributed by atoms with E-state index in [-0.39, 0.29) is 0 Å². The van der Waals surface area contributed by atoms with Gasteiger partial charge in [-0.25, -0.2) is 0 Å². The van der Waals surface area contributed by atoms with E-state index in [9.17, 15) is 0 Å². The Balaban J connectivity index is 0.972. The predicted molar refractivity (Wildman–Crippen MR) is 313 cm³/mol. The zero-order chi connectivity index (χ0) is 48.5. The predicted octanol–water partition coefficient (Wildman–Crippen LogP) is 20.5. The van der Waals surface area contributed by atoms with E-state index in [2.05, 4.69) is 301 Å². The Morgan fingerprint density at radius 2 is 0.616 bits per heavy atom. The van der Waals surface area contributed by atoms with Crippen LogP contribution in [0.1, 0.15) is 0 Å². The van der Waals surface area contributed by atoms with Gasteiger partial charge >= 0.3 is 0 Å². The van der Waals surface area contributed by atoms with Gasteiger partial charge < -0.3 is 9.80 Å². The molecule has 12 aromatic carbocycles. The molecule has 73 heavy (non-hydrogen) atoms. The lowest BCUT2D eigenvalue weighted by atomic mass is 9.96. The van der Waals surface area contributed by atoms with E-state index in [0.29, 0.717) is 0 Å².